The first-order valence-corrected chi connectivity index (χ1v) is 14.6. The minimum absolute atomic E-state index is 0.0299. The maximum absolute atomic E-state index is 13.4. The summed E-state index contributed by atoms with van der Waals surface area (Å²) >= 11 is 12.4. The number of methoxy groups -OCH3 is 1. The van der Waals surface area contributed by atoms with E-state index < -0.39 is 16.1 Å². The quantitative estimate of drug-likeness (QED) is 0.369. The van der Waals surface area contributed by atoms with Gasteiger partial charge < -0.3 is 15.0 Å². The molecule has 0 aliphatic carbocycles. The van der Waals surface area contributed by atoms with E-state index in [4.69, 9.17) is 27.9 Å². The van der Waals surface area contributed by atoms with Gasteiger partial charge in [-0.05, 0) is 56.5 Å². The molecule has 0 saturated heterocycles. The van der Waals surface area contributed by atoms with Crippen LogP contribution in [0.15, 0.2) is 42.5 Å². The molecule has 2 unspecified atom stereocenters. The number of benzene rings is 2. The van der Waals surface area contributed by atoms with Crippen LogP contribution in [0.3, 0.4) is 0 Å². The van der Waals surface area contributed by atoms with Gasteiger partial charge in [-0.15, -0.1) is 0 Å². The number of halogens is 2. The Hall–Kier alpha value is -2.49. The number of amides is 2. The van der Waals surface area contributed by atoms with Gasteiger partial charge in [0.2, 0.25) is 21.8 Å². The summed E-state index contributed by atoms with van der Waals surface area (Å²) in [5.41, 5.74) is 1.09. The fourth-order valence-corrected chi connectivity index (χ4v) is 5.08. The molecule has 0 heterocycles. The van der Waals surface area contributed by atoms with Gasteiger partial charge in [-0.2, -0.15) is 0 Å². The second kappa shape index (κ2) is 13.9. The Balaban J connectivity index is 2.22. The summed E-state index contributed by atoms with van der Waals surface area (Å²) in [5.74, 6) is -0.0479. The number of carbonyl (C=O) groups excluding carboxylic acids is 2. The number of carbonyl (C=O) groups is 2. The summed E-state index contributed by atoms with van der Waals surface area (Å²) in [5, 5.41) is 3.77. The highest BCUT2D eigenvalue weighted by Gasteiger charge is 2.28. The lowest BCUT2D eigenvalue weighted by Crippen LogP contribution is -2.49. The van der Waals surface area contributed by atoms with Crippen LogP contribution in [-0.4, -0.2) is 57.1 Å². The van der Waals surface area contributed by atoms with Crippen molar-refractivity contribution in [3.8, 4) is 5.75 Å². The number of hydrogen-bond acceptors (Lipinski definition) is 5. The lowest BCUT2D eigenvalue weighted by Gasteiger charge is -2.30. The molecular formula is C26H35Cl2N3O5S. The Morgan fingerprint density at radius 2 is 1.81 bits per heavy atom. The van der Waals surface area contributed by atoms with E-state index in [1.807, 2.05) is 13.8 Å². The van der Waals surface area contributed by atoms with Crippen molar-refractivity contribution in [2.45, 2.75) is 58.7 Å². The number of sulfonamides is 1. The van der Waals surface area contributed by atoms with E-state index in [2.05, 4.69) is 5.32 Å². The number of nitrogens with zero attached hydrogens (tertiary/aromatic N) is 2. The van der Waals surface area contributed by atoms with Crippen LogP contribution in [0.2, 0.25) is 10.0 Å². The van der Waals surface area contributed by atoms with Gasteiger partial charge in [0.1, 0.15) is 11.8 Å². The van der Waals surface area contributed by atoms with Crippen molar-refractivity contribution in [1.29, 1.82) is 0 Å². The Morgan fingerprint density at radius 1 is 1.11 bits per heavy atom. The van der Waals surface area contributed by atoms with Gasteiger partial charge in [-0.1, -0.05) is 42.3 Å². The fourth-order valence-electron chi connectivity index (χ4n) is 3.65. The zero-order valence-corrected chi connectivity index (χ0v) is 24.2. The average Bonchev–Trinajstić information content (AvgIpc) is 2.84. The molecule has 37 heavy (non-hydrogen) atoms. The van der Waals surface area contributed by atoms with Crippen LogP contribution in [0.1, 0.15) is 45.6 Å². The summed E-state index contributed by atoms with van der Waals surface area (Å²) < 4.78 is 31.4. The van der Waals surface area contributed by atoms with E-state index in [0.717, 1.165) is 12.7 Å². The maximum atomic E-state index is 13.4. The number of anilines is 1. The molecule has 0 aliphatic rings. The average molecular weight is 573 g/mol. The highest BCUT2D eigenvalue weighted by molar-refractivity contribution is 7.92. The molecular weight excluding hydrogens is 537 g/mol. The summed E-state index contributed by atoms with van der Waals surface area (Å²) in [4.78, 5) is 27.7. The fraction of sp³-hybridized carbons (Fsp3) is 0.462. The largest absolute Gasteiger partial charge is 0.497 e. The SMILES string of the molecule is CCC(C)NC(=O)C(C)N(Cc1ccc(Cl)cc1Cl)C(=O)CCCN(c1cccc(OC)c1)S(C)(=O)=O. The van der Waals surface area contributed by atoms with E-state index in [-0.39, 0.29) is 43.8 Å². The van der Waals surface area contributed by atoms with Crippen LogP contribution in [0.25, 0.3) is 0 Å². The van der Waals surface area contributed by atoms with Crippen molar-refractivity contribution < 1.29 is 22.7 Å². The predicted molar refractivity (Wildman–Crippen MR) is 149 cm³/mol. The van der Waals surface area contributed by atoms with E-state index in [1.54, 1.807) is 49.4 Å². The Bertz CT molecular complexity index is 1190. The molecule has 2 aromatic rings. The van der Waals surface area contributed by atoms with Crippen LogP contribution in [0, 0.1) is 0 Å². The molecule has 0 aromatic heterocycles. The smallest absolute Gasteiger partial charge is 0.242 e. The monoisotopic (exact) mass is 571 g/mol. The molecule has 0 bridgehead atoms. The van der Waals surface area contributed by atoms with Crippen molar-refractivity contribution in [1.82, 2.24) is 10.2 Å². The van der Waals surface area contributed by atoms with E-state index >= 15 is 0 Å². The van der Waals surface area contributed by atoms with Gasteiger partial charge in [0.25, 0.3) is 0 Å². The summed E-state index contributed by atoms with van der Waals surface area (Å²) in [6, 6.07) is 10.9. The van der Waals surface area contributed by atoms with Crippen LogP contribution < -0.4 is 14.4 Å². The summed E-state index contributed by atoms with van der Waals surface area (Å²) in [6.45, 7) is 5.71. The van der Waals surface area contributed by atoms with Crippen molar-refractivity contribution >= 4 is 50.7 Å². The summed E-state index contributed by atoms with van der Waals surface area (Å²) in [6.07, 6.45) is 2.14. The van der Waals surface area contributed by atoms with Crippen LogP contribution in [0.4, 0.5) is 5.69 Å². The maximum Gasteiger partial charge on any atom is 0.242 e. The van der Waals surface area contributed by atoms with Gasteiger partial charge in [-0.3, -0.25) is 13.9 Å². The molecule has 2 rings (SSSR count). The van der Waals surface area contributed by atoms with Crippen molar-refractivity contribution in [3.63, 3.8) is 0 Å². The third-order valence-corrected chi connectivity index (χ3v) is 7.80. The topological polar surface area (TPSA) is 96.0 Å². The lowest BCUT2D eigenvalue weighted by molar-refractivity contribution is -0.140. The molecule has 204 valence electrons. The van der Waals surface area contributed by atoms with Gasteiger partial charge >= 0.3 is 0 Å². The molecule has 0 fully saturated rings. The van der Waals surface area contributed by atoms with Crippen LogP contribution in [0.5, 0.6) is 5.75 Å². The van der Waals surface area contributed by atoms with Gasteiger partial charge in [-0.25, -0.2) is 8.42 Å². The molecule has 0 radical (unpaired) electrons. The zero-order chi connectivity index (χ0) is 27.8. The third-order valence-electron chi connectivity index (χ3n) is 6.02. The third kappa shape index (κ3) is 9.09. The zero-order valence-electron chi connectivity index (χ0n) is 21.8. The molecule has 2 amide bonds. The molecule has 2 atom stereocenters. The molecule has 8 nitrogen and oxygen atoms in total. The number of rotatable bonds is 13. The number of hydrogen-bond donors (Lipinski definition) is 1. The lowest BCUT2D eigenvalue weighted by atomic mass is 10.1. The first-order valence-electron chi connectivity index (χ1n) is 12.0. The van der Waals surface area contributed by atoms with Crippen molar-refractivity contribution in [3.05, 3.63) is 58.1 Å². The first kappa shape index (κ1) is 30.7. The van der Waals surface area contributed by atoms with Crippen LogP contribution >= 0.6 is 23.2 Å². The normalized spacial score (nSPS) is 12.9. The van der Waals surface area contributed by atoms with Crippen molar-refractivity contribution in [2.24, 2.45) is 0 Å². The van der Waals surface area contributed by atoms with Gasteiger partial charge in [0, 0.05) is 41.7 Å². The second-order valence-corrected chi connectivity index (χ2v) is 11.6. The minimum atomic E-state index is -3.61. The highest BCUT2D eigenvalue weighted by Crippen LogP contribution is 2.25. The number of ether oxygens (including phenoxy) is 1. The predicted octanol–water partition coefficient (Wildman–Crippen LogP) is 4.88. The standard InChI is InChI=1S/C26H35Cl2N3O5S/c1-6-18(2)29-26(33)19(3)30(17-20-12-13-21(27)15-24(20)28)25(32)11-8-14-31(37(5,34)35)22-9-7-10-23(16-22)36-4/h7,9-10,12-13,15-16,18-19H,6,8,11,14,17H2,1-5H3,(H,29,33). The minimum Gasteiger partial charge on any atom is -0.497 e. The van der Waals surface area contributed by atoms with Crippen molar-refractivity contribution in [2.75, 3.05) is 24.2 Å². The Morgan fingerprint density at radius 3 is 2.41 bits per heavy atom. The molecule has 0 spiro atoms. The molecule has 2 aromatic carbocycles. The Kier molecular flexibility index (Phi) is 11.5. The van der Waals surface area contributed by atoms with E-state index in [0.29, 0.717) is 27.0 Å². The summed E-state index contributed by atoms with van der Waals surface area (Å²) in [7, 11) is -2.10. The molecule has 1 N–H and O–H groups in total. The van der Waals surface area contributed by atoms with Gasteiger partial charge in [0.05, 0.1) is 19.1 Å². The molecule has 0 saturated carbocycles. The van der Waals surface area contributed by atoms with E-state index in [1.165, 1.54) is 16.3 Å². The van der Waals surface area contributed by atoms with Gasteiger partial charge in [0.15, 0.2) is 0 Å². The highest BCUT2D eigenvalue weighted by atomic mass is 35.5. The Labute approximate surface area is 229 Å². The molecule has 11 heteroatoms. The van der Waals surface area contributed by atoms with E-state index in [9.17, 15) is 18.0 Å². The second-order valence-electron chi connectivity index (χ2n) is 8.89. The molecule has 0 aliphatic heterocycles. The van der Waals surface area contributed by atoms with Crippen LogP contribution in [-0.2, 0) is 26.2 Å². The first-order chi connectivity index (χ1) is 17.4. The number of nitrogens with one attached hydrogen (secondary N) is 1.